The molecule has 0 spiro atoms. The third-order valence-corrected chi connectivity index (χ3v) is 7.13. The number of carbonyl (C=O) groups is 1. The topological polar surface area (TPSA) is 70.2 Å². The quantitative estimate of drug-likeness (QED) is 0.657. The number of ether oxygens (including phenoxy) is 1. The van der Waals surface area contributed by atoms with Crippen LogP contribution in [0.2, 0.25) is 0 Å². The van der Waals surface area contributed by atoms with Crippen LogP contribution in [0, 0.1) is 6.92 Å². The van der Waals surface area contributed by atoms with Crippen LogP contribution in [0.1, 0.15) is 24.0 Å². The van der Waals surface area contributed by atoms with Crippen molar-refractivity contribution in [2.45, 2.75) is 32.2 Å². The van der Waals surface area contributed by atoms with Gasteiger partial charge in [0.15, 0.2) is 0 Å². The van der Waals surface area contributed by atoms with Gasteiger partial charge in [0.2, 0.25) is 15.9 Å². The van der Waals surface area contributed by atoms with Crippen LogP contribution in [0.25, 0.3) is 0 Å². The van der Waals surface area contributed by atoms with Gasteiger partial charge in [-0.15, -0.1) is 0 Å². The summed E-state index contributed by atoms with van der Waals surface area (Å²) >= 11 is 0. The molecule has 1 amide bonds. The predicted molar refractivity (Wildman–Crippen MR) is 113 cm³/mol. The van der Waals surface area contributed by atoms with Gasteiger partial charge < -0.3 is 9.64 Å². The summed E-state index contributed by atoms with van der Waals surface area (Å²) in [5.41, 5.74) is 2.17. The van der Waals surface area contributed by atoms with Crippen molar-refractivity contribution in [3.8, 4) is 0 Å². The minimum Gasteiger partial charge on any atom is -0.379 e. The molecule has 7 nitrogen and oxygen atoms in total. The monoisotopic (exact) mass is 423 g/mol. The minimum atomic E-state index is -3.34. The van der Waals surface area contributed by atoms with E-state index in [0.29, 0.717) is 45.8 Å². The first-order valence-corrected chi connectivity index (χ1v) is 12.3. The van der Waals surface area contributed by atoms with Gasteiger partial charge in [-0.1, -0.05) is 29.8 Å². The van der Waals surface area contributed by atoms with Gasteiger partial charge in [-0.3, -0.25) is 9.69 Å². The second-order valence-corrected chi connectivity index (χ2v) is 10.1. The molecule has 2 heterocycles. The number of morpholine rings is 1. The molecule has 1 aromatic rings. The van der Waals surface area contributed by atoms with E-state index in [1.165, 1.54) is 11.8 Å². The summed E-state index contributed by atoms with van der Waals surface area (Å²) in [4.78, 5) is 16.9. The zero-order chi connectivity index (χ0) is 20.9. The highest BCUT2D eigenvalue weighted by molar-refractivity contribution is 7.88. The van der Waals surface area contributed by atoms with Gasteiger partial charge in [0.25, 0.3) is 0 Å². The molecule has 0 N–H and O–H groups in total. The van der Waals surface area contributed by atoms with Crippen LogP contribution in [-0.2, 0) is 26.0 Å². The highest BCUT2D eigenvalue weighted by Gasteiger charge is 2.32. The molecule has 2 aliphatic rings. The van der Waals surface area contributed by atoms with Crippen molar-refractivity contribution >= 4 is 15.9 Å². The van der Waals surface area contributed by atoms with Gasteiger partial charge in [-0.2, -0.15) is 4.31 Å². The average molecular weight is 424 g/mol. The first-order valence-electron chi connectivity index (χ1n) is 10.4. The lowest BCUT2D eigenvalue weighted by Crippen LogP contribution is -2.53. The molecule has 29 heavy (non-hydrogen) atoms. The molecule has 162 valence electrons. The van der Waals surface area contributed by atoms with E-state index in [1.54, 1.807) is 4.31 Å². The van der Waals surface area contributed by atoms with Gasteiger partial charge in [-0.25, -0.2) is 8.42 Å². The summed E-state index contributed by atoms with van der Waals surface area (Å²) in [5.74, 6) is 0.0696. The number of piperidine rings is 1. The van der Waals surface area contributed by atoms with E-state index in [0.717, 1.165) is 31.5 Å². The van der Waals surface area contributed by atoms with E-state index >= 15 is 0 Å². The van der Waals surface area contributed by atoms with E-state index in [-0.39, 0.29) is 11.9 Å². The van der Waals surface area contributed by atoms with E-state index in [2.05, 4.69) is 4.90 Å². The van der Waals surface area contributed by atoms with Crippen molar-refractivity contribution in [1.29, 1.82) is 0 Å². The predicted octanol–water partition coefficient (Wildman–Crippen LogP) is 1.12. The number of likely N-dealkylation sites (tertiary alicyclic amines) is 1. The van der Waals surface area contributed by atoms with E-state index < -0.39 is 10.0 Å². The Morgan fingerprint density at radius 3 is 2.52 bits per heavy atom. The number of amides is 1. The zero-order valence-corrected chi connectivity index (χ0v) is 18.4. The molecule has 0 saturated carbocycles. The minimum absolute atomic E-state index is 0.0696. The van der Waals surface area contributed by atoms with Crippen LogP contribution in [-0.4, -0.2) is 93.2 Å². The highest BCUT2D eigenvalue weighted by Crippen LogP contribution is 2.20. The van der Waals surface area contributed by atoms with Crippen LogP contribution in [0.3, 0.4) is 0 Å². The molecule has 2 aliphatic heterocycles. The van der Waals surface area contributed by atoms with Crippen molar-refractivity contribution in [3.63, 3.8) is 0 Å². The lowest BCUT2D eigenvalue weighted by atomic mass is 10.0. The molecule has 0 aliphatic carbocycles. The third kappa shape index (κ3) is 6.50. The van der Waals surface area contributed by atoms with Gasteiger partial charge in [0, 0.05) is 45.3 Å². The van der Waals surface area contributed by atoms with Gasteiger partial charge in [-0.05, 0) is 25.3 Å². The molecule has 2 saturated heterocycles. The second kappa shape index (κ2) is 10.0. The summed E-state index contributed by atoms with van der Waals surface area (Å²) in [6, 6.07) is 7.85. The Morgan fingerprint density at radius 1 is 1.17 bits per heavy atom. The van der Waals surface area contributed by atoms with E-state index in [1.807, 2.05) is 36.1 Å². The Balaban J connectivity index is 1.60. The molecular weight excluding hydrogens is 390 g/mol. The number of sulfonamides is 1. The summed E-state index contributed by atoms with van der Waals surface area (Å²) in [6.45, 7) is 7.43. The smallest absolute Gasteiger partial charge is 0.227 e. The van der Waals surface area contributed by atoms with Crippen molar-refractivity contribution in [2.24, 2.45) is 0 Å². The normalized spacial score (nSPS) is 21.5. The standard InChI is InChI=1S/C21H33N3O4S/c1-18-5-7-19(8-6-18)16-21(25)23-9-3-4-20(17-23)24(29(2,26)27)11-10-22-12-14-28-15-13-22/h5-8,20H,3-4,9-17H2,1-2H3. The number of hydrogen-bond acceptors (Lipinski definition) is 5. The molecule has 1 unspecified atom stereocenters. The lowest BCUT2D eigenvalue weighted by molar-refractivity contribution is -0.132. The maximum atomic E-state index is 12.8. The van der Waals surface area contributed by atoms with E-state index in [9.17, 15) is 13.2 Å². The maximum absolute atomic E-state index is 12.8. The Kier molecular flexibility index (Phi) is 7.67. The number of hydrogen-bond donors (Lipinski definition) is 0. The lowest BCUT2D eigenvalue weighted by Gasteiger charge is -2.39. The molecule has 0 radical (unpaired) electrons. The van der Waals surface area contributed by atoms with E-state index in [4.69, 9.17) is 4.74 Å². The molecule has 1 aromatic carbocycles. The van der Waals surface area contributed by atoms with Crippen molar-refractivity contribution in [1.82, 2.24) is 14.1 Å². The summed E-state index contributed by atoms with van der Waals surface area (Å²) < 4.78 is 31.9. The SMILES string of the molecule is Cc1ccc(CC(=O)N2CCCC(N(CCN3CCOCC3)S(C)(=O)=O)C2)cc1. The van der Waals surface area contributed by atoms with Gasteiger partial charge >= 0.3 is 0 Å². The average Bonchev–Trinajstić information content (AvgIpc) is 2.70. The molecule has 0 bridgehead atoms. The van der Waals surface area contributed by atoms with Crippen molar-refractivity contribution in [2.75, 3.05) is 58.7 Å². The first-order chi connectivity index (χ1) is 13.8. The van der Waals surface area contributed by atoms with Gasteiger partial charge in [0.1, 0.15) is 0 Å². The molecule has 2 fully saturated rings. The molecule has 8 heteroatoms. The molecule has 3 rings (SSSR count). The van der Waals surface area contributed by atoms with Crippen molar-refractivity contribution in [3.05, 3.63) is 35.4 Å². The molecular formula is C21H33N3O4S. The van der Waals surface area contributed by atoms with Crippen LogP contribution in [0.4, 0.5) is 0 Å². The summed E-state index contributed by atoms with van der Waals surface area (Å²) in [5, 5.41) is 0. The van der Waals surface area contributed by atoms with Crippen LogP contribution >= 0.6 is 0 Å². The van der Waals surface area contributed by atoms with Crippen molar-refractivity contribution < 1.29 is 17.9 Å². The Morgan fingerprint density at radius 2 is 1.86 bits per heavy atom. The Hall–Kier alpha value is -1.48. The Bertz CT molecular complexity index is 776. The summed E-state index contributed by atoms with van der Waals surface area (Å²) in [6.07, 6.45) is 3.26. The maximum Gasteiger partial charge on any atom is 0.227 e. The third-order valence-electron chi connectivity index (χ3n) is 5.80. The van der Waals surface area contributed by atoms with Gasteiger partial charge in [0.05, 0.1) is 25.9 Å². The fourth-order valence-corrected chi connectivity index (χ4v) is 5.22. The largest absolute Gasteiger partial charge is 0.379 e. The first kappa shape index (κ1) is 22.2. The number of nitrogens with zero attached hydrogens (tertiary/aromatic N) is 3. The highest BCUT2D eigenvalue weighted by atomic mass is 32.2. The number of rotatable bonds is 7. The summed E-state index contributed by atoms with van der Waals surface area (Å²) in [7, 11) is -3.34. The second-order valence-electron chi connectivity index (χ2n) is 8.13. The molecule has 0 aromatic heterocycles. The number of aryl methyl sites for hydroxylation is 1. The zero-order valence-electron chi connectivity index (χ0n) is 17.5. The van der Waals surface area contributed by atoms with Crippen LogP contribution < -0.4 is 0 Å². The van der Waals surface area contributed by atoms with Crippen LogP contribution in [0.15, 0.2) is 24.3 Å². The number of benzene rings is 1. The Labute approximate surface area is 174 Å². The number of carbonyl (C=O) groups excluding carboxylic acids is 1. The fraction of sp³-hybridized carbons (Fsp3) is 0.667. The fourth-order valence-electron chi connectivity index (χ4n) is 4.09. The van der Waals surface area contributed by atoms with Crippen LogP contribution in [0.5, 0.6) is 0 Å². The molecule has 1 atom stereocenters.